The molecule has 2 heterocycles. The van der Waals surface area contributed by atoms with Gasteiger partial charge in [0.1, 0.15) is 0 Å². The van der Waals surface area contributed by atoms with E-state index in [4.69, 9.17) is 4.42 Å². The lowest BCUT2D eigenvalue weighted by molar-refractivity contribution is 0.0738. The van der Waals surface area contributed by atoms with E-state index in [0.29, 0.717) is 5.39 Å². The van der Waals surface area contributed by atoms with Gasteiger partial charge in [-0.2, -0.15) is 11.8 Å². The van der Waals surface area contributed by atoms with Gasteiger partial charge < -0.3 is 9.32 Å². The Hall–Kier alpha value is -1.49. The topological polar surface area (TPSA) is 33.5 Å². The van der Waals surface area contributed by atoms with Gasteiger partial charge in [-0.05, 0) is 25.2 Å². The maximum Gasteiger partial charge on any atom is 0.289 e. The van der Waals surface area contributed by atoms with Crippen LogP contribution in [0.15, 0.2) is 22.6 Å². The average Bonchev–Trinajstić information content (AvgIpc) is 2.66. The number of benzene rings is 1. The highest BCUT2D eigenvalue weighted by molar-refractivity contribution is 7.99. The molecule has 2 aromatic rings. The van der Waals surface area contributed by atoms with Crippen LogP contribution < -0.4 is 0 Å². The molecule has 0 atom stereocenters. The fourth-order valence-corrected chi connectivity index (χ4v) is 3.39. The third kappa shape index (κ3) is 2.30. The molecule has 106 valence electrons. The van der Waals surface area contributed by atoms with Gasteiger partial charge in [0, 0.05) is 29.8 Å². The van der Waals surface area contributed by atoms with E-state index < -0.39 is 5.82 Å². The van der Waals surface area contributed by atoms with E-state index >= 15 is 0 Å². The predicted molar refractivity (Wildman–Crippen MR) is 78.8 cm³/mol. The molecule has 1 saturated heterocycles. The Morgan fingerprint density at radius 1 is 1.35 bits per heavy atom. The molecule has 0 N–H and O–H groups in total. The molecule has 0 spiro atoms. The summed E-state index contributed by atoms with van der Waals surface area (Å²) in [6, 6.07) is 4.77. The van der Waals surface area contributed by atoms with Crippen molar-refractivity contribution in [1.29, 1.82) is 0 Å². The van der Waals surface area contributed by atoms with Crippen LogP contribution in [0.2, 0.25) is 0 Å². The highest BCUT2D eigenvalue weighted by Gasteiger charge is 2.24. The SMILES string of the molecule is Cc1c(C(=O)N2CCCSCC2)oc2c(F)cccc12. The molecule has 1 amide bonds. The van der Waals surface area contributed by atoms with Gasteiger partial charge >= 0.3 is 0 Å². The third-order valence-corrected chi connectivity index (χ3v) is 4.67. The first-order valence-corrected chi connectivity index (χ1v) is 7.88. The van der Waals surface area contributed by atoms with Crippen molar-refractivity contribution in [3.8, 4) is 0 Å². The molecule has 0 aliphatic carbocycles. The van der Waals surface area contributed by atoms with Crippen molar-refractivity contribution >= 4 is 28.6 Å². The maximum absolute atomic E-state index is 13.7. The van der Waals surface area contributed by atoms with Crippen molar-refractivity contribution in [2.24, 2.45) is 0 Å². The highest BCUT2D eigenvalue weighted by Crippen LogP contribution is 2.28. The number of hydrogen-bond donors (Lipinski definition) is 0. The lowest BCUT2D eigenvalue weighted by atomic mass is 10.1. The fraction of sp³-hybridized carbons (Fsp3) is 0.400. The molecule has 3 nitrogen and oxygen atoms in total. The summed E-state index contributed by atoms with van der Waals surface area (Å²) < 4.78 is 19.2. The number of fused-ring (bicyclic) bond motifs is 1. The quantitative estimate of drug-likeness (QED) is 0.807. The number of carbonyl (C=O) groups excluding carboxylic acids is 1. The zero-order valence-corrected chi connectivity index (χ0v) is 12.1. The molecular formula is C15H16FNO2S. The summed E-state index contributed by atoms with van der Waals surface area (Å²) in [5.41, 5.74) is 0.902. The number of carbonyl (C=O) groups is 1. The first-order valence-electron chi connectivity index (χ1n) is 6.73. The lowest BCUT2D eigenvalue weighted by Crippen LogP contribution is -2.33. The van der Waals surface area contributed by atoms with Gasteiger partial charge in [-0.25, -0.2) is 4.39 Å². The number of halogens is 1. The fourth-order valence-electron chi connectivity index (χ4n) is 2.51. The van der Waals surface area contributed by atoms with Gasteiger partial charge in [0.25, 0.3) is 5.91 Å². The van der Waals surface area contributed by atoms with Crippen LogP contribution in [0.5, 0.6) is 0 Å². The normalized spacial score (nSPS) is 16.4. The van der Waals surface area contributed by atoms with Crippen molar-refractivity contribution in [3.05, 3.63) is 35.3 Å². The van der Waals surface area contributed by atoms with Gasteiger partial charge in [-0.15, -0.1) is 0 Å². The molecule has 20 heavy (non-hydrogen) atoms. The van der Waals surface area contributed by atoms with E-state index in [1.165, 1.54) is 6.07 Å². The summed E-state index contributed by atoms with van der Waals surface area (Å²) in [6.45, 7) is 3.28. The van der Waals surface area contributed by atoms with Gasteiger partial charge in [0.2, 0.25) is 0 Å². The summed E-state index contributed by atoms with van der Waals surface area (Å²) in [6.07, 6.45) is 0.990. The Balaban J connectivity index is 1.99. The lowest BCUT2D eigenvalue weighted by Gasteiger charge is -2.18. The molecule has 0 unspecified atom stereocenters. The number of para-hydroxylation sites is 1. The summed E-state index contributed by atoms with van der Waals surface area (Å²) in [7, 11) is 0. The second-order valence-electron chi connectivity index (χ2n) is 4.93. The van der Waals surface area contributed by atoms with E-state index in [2.05, 4.69) is 0 Å². The van der Waals surface area contributed by atoms with Crippen LogP contribution in [0.1, 0.15) is 22.5 Å². The largest absolute Gasteiger partial charge is 0.448 e. The number of amides is 1. The van der Waals surface area contributed by atoms with Gasteiger partial charge in [-0.1, -0.05) is 12.1 Å². The monoisotopic (exact) mass is 293 g/mol. The average molecular weight is 293 g/mol. The molecule has 3 rings (SSSR count). The van der Waals surface area contributed by atoms with Crippen LogP contribution in [0, 0.1) is 12.7 Å². The standard InChI is InChI=1S/C15H16FNO2S/c1-10-11-4-2-5-12(16)14(11)19-13(10)15(18)17-6-3-8-20-9-7-17/h2,4-5H,3,6-9H2,1H3. The number of nitrogens with zero attached hydrogens (tertiary/aromatic N) is 1. The maximum atomic E-state index is 13.7. The van der Waals surface area contributed by atoms with Crippen LogP contribution in [0.3, 0.4) is 0 Å². The van der Waals surface area contributed by atoms with Crippen LogP contribution >= 0.6 is 11.8 Å². The molecule has 0 radical (unpaired) electrons. The van der Waals surface area contributed by atoms with Crippen LogP contribution in [0.4, 0.5) is 4.39 Å². The molecule has 1 aliphatic heterocycles. The predicted octanol–water partition coefficient (Wildman–Crippen LogP) is 3.46. The van der Waals surface area contributed by atoms with Gasteiger partial charge in [0.05, 0.1) is 0 Å². The highest BCUT2D eigenvalue weighted by atomic mass is 32.2. The Morgan fingerprint density at radius 2 is 2.20 bits per heavy atom. The minimum Gasteiger partial charge on any atom is -0.448 e. The van der Waals surface area contributed by atoms with E-state index in [0.717, 1.165) is 36.6 Å². The third-order valence-electron chi connectivity index (χ3n) is 3.62. The van der Waals surface area contributed by atoms with E-state index in [1.807, 2.05) is 23.6 Å². The molecule has 5 heteroatoms. The van der Waals surface area contributed by atoms with Crippen LogP contribution in [-0.4, -0.2) is 35.4 Å². The molecule has 1 fully saturated rings. The van der Waals surface area contributed by atoms with Gasteiger partial charge in [-0.3, -0.25) is 4.79 Å². The van der Waals surface area contributed by atoms with E-state index in [1.54, 1.807) is 12.1 Å². The first-order chi connectivity index (χ1) is 9.68. The Labute approximate surface area is 121 Å². The summed E-state index contributed by atoms with van der Waals surface area (Å²) in [5, 5.41) is 0.678. The van der Waals surface area contributed by atoms with E-state index in [9.17, 15) is 9.18 Å². The van der Waals surface area contributed by atoms with Crippen LogP contribution in [0.25, 0.3) is 11.0 Å². The molecule has 1 aromatic heterocycles. The summed E-state index contributed by atoms with van der Waals surface area (Å²) in [4.78, 5) is 14.4. The minimum absolute atomic E-state index is 0.124. The second kappa shape index (κ2) is 5.48. The molecule has 0 bridgehead atoms. The number of aryl methyl sites for hydroxylation is 1. The van der Waals surface area contributed by atoms with Crippen molar-refractivity contribution in [3.63, 3.8) is 0 Å². The Kier molecular flexibility index (Phi) is 3.70. The van der Waals surface area contributed by atoms with Crippen molar-refractivity contribution in [2.75, 3.05) is 24.6 Å². The number of furan rings is 1. The second-order valence-corrected chi connectivity index (χ2v) is 6.16. The number of hydrogen-bond acceptors (Lipinski definition) is 3. The number of rotatable bonds is 1. The zero-order valence-electron chi connectivity index (χ0n) is 11.3. The zero-order chi connectivity index (χ0) is 14.1. The summed E-state index contributed by atoms with van der Waals surface area (Å²) >= 11 is 1.86. The van der Waals surface area contributed by atoms with Crippen molar-refractivity contribution in [2.45, 2.75) is 13.3 Å². The van der Waals surface area contributed by atoms with Crippen LogP contribution in [-0.2, 0) is 0 Å². The van der Waals surface area contributed by atoms with Gasteiger partial charge in [0.15, 0.2) is 17.2 Å². The van der Waals surface area contributed by atoms with Crippen molar-refractivity contribution < 1.29 is 13.6 Å². The first kappa shape index (κ1) is 13.5. The smallest absolute Gasteiger partial charge is 0.289 e. The van der Waals surface area contributed by atoms with E-state index in [-0.39, 0.29) is 17.3 Å². The minimum atomic E-state index is -0.420. The summed E-state index contributed by atoms with van der Waals surface area (Å²) in [5.74, 6) is 1.75. The van der Waals surface area contributed by atoms with Crippen molar-refractivity contribution in [1.82, 2.24) is 4.90 Å². The Bertz CT molecular complexity index is 645. The molecular weight excluding hydrogens is 277 g/mol. The molecule has 1 aliphatic rings. The molecule has 0 saturated carbocycles. The number of thioether (sulfide) groups is 1. The Morgan fingerprint density at radius 3 is 3.00 bits per heavy atom. The molecule has 1 aromatic carbocycles.